The summed E-state index contributed by atoms with van der Waals surface area (Å²) in [6, 6.07) is 8.68. The van der Waals surface area contributed by atoms with Crippen LogP contribution in [0.5, 0.6) is 5.75 Å². The molecule has 2 rings (SSSR count). The zero-order chi connectivity index (χ0) is 10.5. The van der Waals surface area contributed by atoms with E-state index in [2.05, 4.69) is 24.0 Å². The molecule has 0 saturated heterocycles. The highest BCUT2D eigenvalue weighted by Gasteiger charge is 2.17. The van der Waals surface area contributed by atoms with Gasteiger partial charge >= 0.3 is 0 Å². The van der Waals surface area contributed by atoms with E-state index in [0.717, 1.165) is 31.7 Å². The van der Waals surface area contributed by atoms with Crippen LogP contribution in [0.3, 0.4) is 0 Å². The highest BCUT2D eigenvalue weighted by Crippen LogP contribution is 2.30. The normalized spacial score (nSPS) is 19.9. The predicted octanol–water partition coefficient (Wildman–Crippen LogP) is 2.68. The number of para-hydroxylation sites is 1. The monoisotopic (exact) mass is 203 g/mol. The molecule has 0 amide bonds. The summed E-state index contributed by atoms with van der Waals surface area (Å²) in [6.07, 6.45) is 4.13. The maximum Gasteiger partial charge on any atom is 0.124 e. The predicted molar refractivity (Wildman–Crippen MR) is 62.1 cm³/mol. The molecule has 1 N–H and O–H groups in total. The third kappa shape index (κ3) is 2.39. The minimum Gasteiger partial charge on any atom is -0.493 e. The van der Waals surface area contributed by atoms with Gasteiger partial charge in [0.15, 0.2) is 0 Å². The molecule has 0 aliphatic carbocycles. The first-order valence-corrected chi connectivity index (χ1v) is 5.48. The van der Waals surface area contributed by atoms with Gasteiger partial charge in [0.25, 0.3) is 0 Å². The van der Waals surface area contributed by atoms with E-state index >= 15 is 0 Å². The van der Waals surface area contributed by atoms with Crippen molar-refractivity contribution < 1.29 is 4.74 Å². The van der Waals surface area contributed by atoms with Crippen LogP contribution >= 0.6 is 0 Å². The number of hydrogen-bond donors (Lipinski definition) is 1. The smallest absolute Gasteiger partial charge is 0.124 e. The molecule has 15 heavy (non-hydrogen) atoms. The number of nitrogens with one attached hydrogen (secondary N) is 1. The Kier molecular flexibility index (Phi) is 3.41. The van der Waals surface area contributed by atoms with E-state index in [1.54, 1.807) is 0 Å². The lowest BCUT2D eigenvalue weighted by Gasteiger charge is -2.17. The first kappa shape index (κ1) is 10.2. The molecule has 1 aliphatic heterocycles. The lowest BCUT2D eigenvalue weighted by Crippen LogP contribution is -2.20. The third-order valence-corrected chi connectivity index (χ3v) is 2.70. The van der Waals surface area contributed by atoms with Crippen LogP contribution in [0.25, 0.3) is 0 Å². The maximum atomic E-state index is 5.69. The number of rotatable bonds is 3. The van der Waals surface area contributed by atoms with Gasteiger partial charge in [-0.05, 0) is 18.9 Å². The molecule has 0 aromatic heterocycles. The van der Waals surface area contributed by atoms with E-state index in [1.165, 1.54) is 5.56 Å². The average molecular weight is 203 g/mol. The van der Waals surface area contributed by atoms with Crippen LogP contribution in [0.1, 0.15) is 24.4 Å². The number of hydrogen-bond acceptors (Lipinski definition) is 2. The van der Waals surface area contributed by atoms with Crippen LogP contribution in [0.2, 0.25) is 0 Å². The topological polar surface area (TPSA) is 21.3 Å². The molecule has 1 aliphatic rings. The van der Waals surface area contributed by atoms with Crippen molar-refractivity contribution in [3.8, 4) is 5.75 Å². The van der Waals surface area contributed by atoms with Gasteiger partial charge in [-0.1, -0.05) is 24.3 Å². The van der Waals surface area contributed by atoms with Gasteiger partial charge < -0.3 is 10.1 Å². The lowest BCUT2D eigenvalue weighted by atomic mass is 10.0. The summed E-state index contributed by atoms with van der Waals surface area (Å²) in [5, 5.41) is 3.47. The molecule has 1 heterocycles. The highest BCUT2D eigenvalue weighted by molar-refractivity contribution is 5.36. The van der Waals surface area contributed by atoms with E-state index in [-0.39, 0.29) is 0 Å². The van der Waals surface area contributed by atoms with Gasteiger partial charge in [-0.2, -0.15) is 0 Å². The number of ether oxygens (including phenoxy) is 1. The molecule has 1 aromatic carbocycles. The van der Waals surface area contributed by atoms with Crippen molar-refractivity contribution in [3.63, 3.8) is 0 Å². The Hall–Kier alpha value is -1.28. The second kappa shape index (κ2) is 4.99. The zero-order valence-electron chi connectivity index (χ0n) is 8.91. The van der Waals surface area contributed by atoms with Crippen LogP contribution in [-0.4, -0.2) is 13.2 Å². The molecule has 0 saturated carbocycles. The van der Waals surface area contributed by atoms with Gasteiger partial charge in [-0.25, -0.2) is 0 Å². The average Bonchev–Trinajstić information content (AvgIpc) is 2.49. The van der Waals surface area contributed by atoms with E-state index in [9.17, 15) is 0 Å². The highest BCUT2D eigenvalue weighted by atomic mass is 16.5. The Morgan fingerprint density at radius 2 is 2.33 bits per heavy atom. The summed E-state index contributed by atoms with van der Waals surface area (Å²) in [7, 11) is 0. The Morgan fingerprint density at radius 1 is 1.47 bits per heavy atom. The standard InChI is InChI=1S/C13H17NO/c1-2-9-14-12-7-5-10-15-13-8-4-3-6-11(12)13/h2-4,6,8,12,14H,1,5,7,9-10H2. The molecule has 0 bridgehead atoms. The fourth-order valence-corrected chi connectivity index (χ4v) is 1.96. The van der Waals surface area contributed by atoms with Gasteiger partial charge in [-0.3, -0.25) is 0 Å². The molecule has 2 nitrogen and oxygen atoms in total. The molecular weight excluding hydrogens is 186 g/mol. The van der Waals surface area contributed by atoms with E-state index in [0.29, 0.717) is 6.04 Å². The third-order valence-electron chi connectivity index (χ3n) is 2.70. The second-order valence-electron chi connectivity index (χ2n) is 3.78. The molecule has 80 valence electrons. The van der Waals surface area contributed by atoms with Crippen LogP contribution in [0.4, 0.5) is 0 Å². The van der Waals surface area contributed by atoms with E-state index < -0.39 is 0 Å². The number of fused-ring (bicyclic) bond motifs is 1. The van der Waals surface area contributed by atoms with Crippen LogP contribution in [0.15, 0.2) is 36.9 Å². The lowest BCUT2D eigenvalue weighted by molar-refractivity contribution is 0.315. The first-order valence-electron chi connectivity index (χ1n) is 5.48. The fraction of sp³-hybridized carbons (Fsp3) is 0.385. The first-order chi connectivity index (χ1) is 7.42. The molecule has 0 fully saturated rings. The summed E-state index contributed by atoms with van der Waals surface area (Å²) in [5.41, 5.74) is 1.27. The molecular formula is C13H17NO. The fourth-order valence-electron chi connectivity index (χ4n) is 1.96. The Morgan fingerprint density at radius 3 is 3.20 bits per heavy atom. The molecule has 0 radical (unpaired) electrons. The Bertz CT molecular complexity index is 335. The van der Waals surface area contributed by atoms with E-state index in [4.69, 9.17) is 4.74 Å². The zero-order valence-corrected chi connectivity index (χ0v) is 8.91. The molecule has 1 atom stereocenters. The summed E-state index contributed by atoms with van der Waals surface area (Å²) in [6.45, 7) is 5.40. The summed E-state index contributed by atoms with van der Waals surface area (Å²) >= 11 is 0. The Labute approximate surface area is 91.0 Å². The largest absolute Gasteiger partial charge is 0.493 e. The second-order valence-corrected chi connectivity index (χ2v) is 3.78. The van der Waals surface area contributed by atoms with E-state index in [1.807, 2.05) is 18.2 Å². The van der Waals surface area contributed by atoms with Gasteiger partial charge in [0.2, 0.25) is 0 Å². The van der Waals surface area contributed by atoms with Gasteiger partial charge in [0.05, 0.1) is 6.61 Å². The van der Waals surface area contributed by atoms with Crippen LogP contribution < -0.4 is 10.1 Å². The minimum absolute atomic E-state index is 0.404. The van der Waals surface area contributed by atoms with Crippen molar-refractivity contribution in [2.75, 3.05) is 13.2 Å². The molecule has 0 spiro atoms. The van der Waals surface area contributed by atoms with Crippen molar-refractivity contribution in [1.29, 1.82) is 0 Å². The summed E-state index contributed by atoms with van der Waals surface area (Å²) in [5.74, 6) is 1.02. The summed E-state index contributed by atoms with van der Waals surface area (Å²) in [4.78, 5) is 0. The van der Waals surface area contributed by atoms with Crippen LogP contribution in [0, 0.1) is 0 Å². The minimum atomic E-state index is 0.404. The van der Waals surface area contributed by atoms with Crippen molar-refractivity contribution in [2.45, 2.75) is 18.9 Å². The molecule has 1 aromatic rings. The van der Waals surface area contributed by atoms with Crippen LogP contribution in [-0.2, 0) is 0 Å². The van der Waals surface area contributed by atoms with Gasteiger partial charge in [-0.15, -0.1) is 6.58 Å². The summed E-state index contributed by atoms with van der Waals surface area (Å²) < 4.78 is 5.69. The molecule has 1 unspecified atom stereocenters. The van der Waals surface area contributed by atoms with Crippen molar-refractivity contribution in [2.24, 2.45) is 0 Å². The van der Waals surface area contributed by atoms with Crippen molar-refractivity contribution in [1.82, 2.24) is 5.32 Å². The SMILES string of the molecule is C=CCNC1CCCOc2ccccc21. The van der Waals surface area contributed by atoms with Gasteiger partial charge in [0, 0.05) is 18.2 Å². The van der Waals surface area contributed by atoms with Gasteiger partial charge in [0.1, 0.15) is 5.75 Å². The Balaban J connectivity index is 2.20. The quantitative estimate of drug-likeness (QED) is 0.763. The molecule has 2 heteroatoms. The van der Waals surface area contributed by atoms with Crippen molar-refractivity contribution >= 4 is 0 Å². The maximum absolute atomic E-state index is 5.69. The number of benzene rings is 1. The van der Waals surface area contributed by atoms with Crippen molar-refractivity contribution in [3.05, 3.63) is 42.5 Å².